The summed E-state index contributed by atoms with van der Waals surface area (Å²) in [6, 6.07) is 10.7. The van der Waals surface area contributed by atoms with Crippen molar-refractivity contribution in [3.63, 3.8) is 0 Å². The van der Waals surface area contributed by atoms with Crippen LogP contribution in [0.15, 0.2) is 40.2 Å². The van der Waals surface area contributed by atoms with Gasteiger partial charge in [-0.05, 0) is 43.2 Å². The molecule has 1 heterocycles. The average molecular weight is 308 g/mol. The molecule has 1 aromatic carbocycles. The summed E-state index contributed by atoms with van der Waals surface area (Å²) in [5.74, 6) is -0.141. The number of nitrogens with zero attached hydrogens (tertiary/aromatic N) is 3. The number of aromatic nitrogens is 1. The Balaban J connectivity index is 2.32. The smallest absolute Gasteiger partial charge is 0.289 e. The Hall–Kier alpha value is -3.20. The summed E-state index contributed by atoms with van der Waals surface area (Å²) < 4.78 is 1.20. The Kier molecular flexibility index (Phi) is 4.72. The van der Waals surface area contributed by atoms with Gasteiger partial charge in [0.1, 0.15) is 11.6 Å². The Morgan fingerprint density at radius 2 is 1.96 bits per heavy atom. The van der Waals surface area contributed by atoms with Crippen LogP contribution in [0.2, 0.25) is 0 Å². The van der Waals surface area contributed by atoms with E-state index in [0.29, 0.717) is 16.9 Å². The van der Waals surface area contributed by atoms with E-state index < -0.39 is 5.56 Å². The number of rotatable bonds is 3. The summed E-state index contributed by atoms with van der Waals surface area (Å²) in [4.78, 5) is 23.2. The zero-order chi connectivity index (χ0) is 17.0. The minimum Gasteiger partial charge on any atom is -0.326 e. The lowest BCUT2D eigenvalue weighted by atomic mass is 10.1. The van der Waals surface area contributed by atoms with Crippen LogP contribution in [0.3, 0.4) is 0 Å². The number of benzene rings is 1. The molecule has 6 nitrogen and oxygen atoms in total. The summed E-state index contributed by atoms with van der Waals surface area (Å²) in [6.45, 7) is 4.92. The third-order valence-electron chi connectivity index (χ3n) is 3.23. The summed E-state index contributed by atoms with van der Waals surface area (Å²) in [7, 11) is 0. The van der Waals surface area contributed by atoms with Crippen LogP contribution in [0.4, 0.5) is 5.69 Å². The molecule has 0 spiro atoms. The van der Waals surface area contributed by atoms with Crippen LogP contribution in [0.5, 0.6) is 0 Å². The van der Waals surface area contributed by atoms with Crippen LogP contribution < -0.4 is 10.9 Å². The number of hydrogen-bond acceptors (Lipinski definition) is 4. The molecule has 0 saturated carbocycles. The molecule has 1 aromatic heterocycles. The summed E-state index contributed by atoms with van der Waals surface area (Å²) in [5, 5.41) is 15.9. The lowest BCUT2D eigenvalue weighted by Crippen LogP contribution is -2.22. The largest absolute Gasteiger partial charge is 0.326 e. The van der Waals surface area contributed by atoms with E-state index in [2.05, 4.69) is 10.4 Å². The molecular weight excluding hydrogens is 292 g/mol. The molecule has 0 atom stereocenters. The zero-order valence-corrected chi connectivity index (χ0v) is 13.1. The molecule has 2 rings (SSSR count). The monoisotopic (exact) mass is 308 g/mol. The fraction of sp³-hybridized carbons (Fsp3) is 0.176. The number of nitriles is 1. The minimum atomic E-state index is -0.434. The van der Waals surface area contributed by atoms with Crippen molar-refractivity contribution in [2.45, 2.75) is 20.8 Å². The van der Waals surface area contributed by atoms with E-state index in [1.807, 2.05) is 6.07 Å². The van der Waals surface area contributed by atoms with Gasteiger partial charge in [0.25, 0.3) is 5.56 Å². The molecule has 1 N–H and O–H groups in total. The van der Waals surface area contributed by atoms with Crippen LogP contribution in [0, 0.1) is 25.2 Å². The maximum Gasteiger partial charge on any atom is 0.289 e. The van der Waals surface area contributed by atoms with Gasteiger partial charge >= 0.3 is 0 Å². The van der Waals surface area contributed by atoms with Crippen molar-refractivity contribution < 1.29 is 4.79 Å². The summed E-state index contributed by atoms with van der Waals surface area (Å²) in [6.07, 6.45) is 1.53. The fourth-order valence-electron chi connectivity index (χ4n) is 2.14. The molecule has 0 bridgehead atoms. The van der Waals surface area contributed by atoms with Crippen LogP contribution in [-0.4, -0.2) is 16.8 Å². The van der Waals surface area contributed by atoms with Crippen molar-refractivity contribution in [1.82, 2.24) is 4.68 Å². The van der Waals surface area contributed by atoms with Crippen molar-refractivity contribution >= 4 is 17.8 Å². The van der Waals surface area contributed by atoms with Gasteiger partial charge in [-0.3, -0.25) is 9.59 Å². The molecular formula is C17H16N4O2. The molecule has 6 heteroatoms. The molecule has 0 unspecified atom stereocenters. The topological polar surface area (TPSA) is 87.2 Å². The minimum absolute atomic E-state index is 0.0914. The quantitative estimate of drug-likeness (QED) is 0.882. The average Bonchev–Trinajstić information content (AvgIpc) is 2.48. The third kappa shape index (κ3) is 3.71. The highest BCUT2D eigenvalue weighted by Gasteiger charge is 2.08. The number of aryl methyl sites for hydroxylation is 2. The van der Waals surface area contributed by atoms with Gasteiger partial charge in [-0.2, -0.15) is 10.4 Å². The van der Waals surface area contributed by atoms with Gasteiger partial charge in [-0.25, -0.2) is 4.68 Å². The SMILES string of the molecule is CC(=O)Nc1ccc(/C=N\n2c(C)cc(C)c(C#N)c2=O)cc1. The first-order valence-corrected chi connectivity index (χ1v) is 6.97. The van der Waals surface area contributed by atoms with Crippen LogP contribution >= 0.6 is 0 Å². The molecule has 23 heavy (non-hydrogen) atoms. The molecule has 0 fully saturated rings. The highest BCUT2D eigenvalue weighted by Crippen LogP contribution is 2.09. The van der Waals surface area contributed by atoms with Gasteiger partial charge in [-0.15, -0.1) is 0 Å². The first kappa shape index (κ1) is 16.2. The van der Waals surface area contributed by atoms with Crippen LogP contribution in [-0.2, 0) is 4.79 Å². The normalized spacial score (nSPS) is 10.5. The molecule has 0 aliphatic rings. The summed E-state index contributed by atoms with van der Waals surface area (Å²) >= 11 is 0. The van der Waals surface area contributed by atoms with Crippen molar-refractivity contribution in [3.8, 4) is 6.07 Å². The molecule has 1 amide bonds. The molecule has 0 aliphatic heterocycles. The number of carbonyl (C=O) groups excluding carboxylic acids is 1. The van der Waals surface area contributed by atoms with E-state index >= 15 is 0 Å². The van der Waals surface area contributed by atoms with Crippen molar-refractivity contribution in [2.24, 2.45) is 5.10 Å². The van der Waals surface area contributed by atoms with E-state index in [9.17, 15) is 9.59 Å². The second kappa shape index (κ2) is 6.71. The van der Waals surface area contributed by atoms with Crippen LogP contribution in [0.25, 0.3) is 0 Å². The van der Waals surface area contributed by atoms with Gasteiger partial charge in [0.2, 0.25) is 5.91 Å². The zero-order valence-electron chi connectivity index (χ0n) is 13.1. The third-order valence-corrected chi connectivity index (χ3v) is 3.23. The number of carbonyl (C=O) groups is 1. The van der Waals surface area contributed by atoms with Gasteiger partial charge < -0.3 is 5.32 Å². The Labute approximate surface area is 133 Å². The maximum atomic E-state index is 12.2. The van der Waals surface area contributed by atoms with Crippen molar-refractivity contribution in [3.05, 3.63) is 63.1 Å². The van der Waals surface area contributed by atoms with Crippen LogP contribution in [0.1, 0.15) is 29.3 Å². The Morgan fingerprint density at radius 3 is 2.52 bits per heavy atom. The molecule has 2 aromatic rings. The van der Waals surface area contributed by atoms with Gasteiger partial charge in [0.15, 0.2) is 0 Å². The molecule has 116 valence electrons. The predicted molar refractivity (Wildman–Crippen MR) is 88.6 cm³/mol. The fourth-order valence-corrected chi connectivity index (χ4v) is 2.14. The first-order valence-electron chi connectivity index (χ1n) is 6.97. The number of amides is 1. The second-order valence-electron chi connectivity index (χ2n) is 5.12. The molecule has 0 aliphatic carbocycles. The van der Waals surface area contributed by atoms with E-state index in [0.717, 1.165) is 5.56 Å². The highest BCUT2D eigenvalue weighted by atomic mass is 16.1. The summed E-state index contributed by atoms with van der Waals surface area (Å²) in [5.41, 5.74) is 2.40. The lowest BCUT2D eigenvalue weighted by molar-refractivity contribution is -0.114. The Bertz CT molecular complexity index is 871. The molecule has 0 saturated heterocycles. The lowest BCUT2D eigenvalue weighted by Gasteiger charge is -2.06. The van der Waals surface area contributed by atoms with E-state index in [1.54, 1.807) is 44.2 Å². The standard InChI is InChI=1S/C17H16N4O2/c1-11-8-12(2)21(17(23)16(11)9-18)19-10-14-4-6-15(7-5-14)20-13(3)22/h4-8,10H,1-3H3,(H,20,22)/b19-10-. The maximum absolute atomic E-state index is 12.2. The highest BCUT2D eigenvalue weighted by molar-refractivity contribution is 5.89. The Morgan fingerprint density at radius 1 is 1.30 bits per heavy atom. The predicted octanol–water partition coefficient (Wildman–Crippen LogP) is 2.18. The second-order valence-corrected chi connectivity index (χ2v) is 5.12. The molecule has 0 radical (unpaired) electrons. The number of hydrogen-bond donors (Lipinski definition) is 1. The number of nitrogens with one attached hydrogen (secondary N) is 1. The number of pyridine rings is 1. The van der Waals surface area contributed by atoms with Crippen molar-refractivity contribution in [1.29, 1.82) is 5.26 Å². The van der Waals surface area contributed by atoms with E-state index in [4.69, 9.17) is 5.26 Å². The first-order chi connectivity index (χ1) is 10.9. The van der Waals surface area contributed by atoms with E-state index in [-0.39, 0.29) is 11.5 Å². The van der Waals surface area contributed by atoms with Gasteiger partial charge in [-0.1, -0.05) is 12.1 Å². The van der Waals surface area contributed by atoms with Gasteiger partial charge in [0, 0.05) is 18.3 Å². The van der Waals surface area contributed by atoms with Gasteiger partial charge in [0.05, 0.1) is 6.21 Å². The van der Waals surface area contributed by atoms with Crippen molar-refractivity contribution in [2.75, 3.05) is 5.32 Å². The number of anilines is 1. The van der Waals surface area contributed by atoms with E-state index in [1.165, 1.54) is 17.8 Å².